The molecule has 1 aromatic carbocycles. The molecule has 0 radical (unpaired) electrons. The molecule has 114 valence electrons. The van der Waals surface area contributed by atoms with Crippen LogP contribution in [0.1, 0.15) is 18.5 Å². The van der Waals surface area contributed by atoms with Crippen molar-refractivity contribution in [3.8, 4) is 11.1 Å². The van der Waals surface area contributed by atoms with Crippen LogP contribution in [-0.4, -0.2) is 26.0 Å². The fourth-order valence-electron chi connectivity index (χ4n) is 3.41. The second kappa shape index (κ2) is 5.30. The summed E-state index contributed by atoms with van der Waals surface area (Å²) in [6.07, 6.45) is 6.00. The summed E-state index contributed by atoms with van der Waals surface area (Å²) >= 11 is 12.7. The molecule has 1 aliphatic heterocycles. The van der Waals surface area contributed by atoms with E-state index in [0.29, 0.717) is 16.6 Å². The number of benzene rings is 1. The number of rotatable bonds is 1. The van der Waals surface area contributed by atoms with Crippen LogP contribution in [0.3, 0.4) is 0 Å². The average Bonchev–Trinajstić information content (AvgIpc) is 3.06. The van der Waals surface area contributed by atoms with Gasteiger partial charge in [0.25, 0.3) is 0 Å². The fourth-order valence-corrected chi connectivity index (χ4v) is 3.83. The first-order valence-electron chi connectivity index (χ1n) is 7.33. The van der Waals surface area contributed by atoms with Gasteiger partial charge < -0.3 is 9.67 Å². The van der Waals surface area contributed by atoms with Gasteiger partial charge in [0.2, 0.25) is 0 Å². The SMILES string of the molecule is O[C@@H]1CCCc2c(-c3cn[nH]c3)c3ccc(Cl)c(Cl)c3n2C1. The van der Waals surface area contributed by atoms with E-state index >= 15 is 0 Å². The van der Waals surface area contributed by atoms with Crippen molar-refractivity contribution in [1.82, 2.24) is 14.8 Å². The highest BCUT2D eigenvalue weighted by molar-refractivity contribution is 6.45. The van der Waals surface area contributed by atoms with Gasteiger partial charge in [-0.05, 0) is 25.3 Å². The Bertz CT molecular complexity index is 839. The molecule has 1 aliphatic rings. The molecule has 4 rings (SSSR count). The van der Waals surface area contributed by atoms with Crippen LogP contribution in [0.4, 0.5) is 0 Å². The van der Waals surface area contributed by atoms with Crippen molar-refractivity contribution in [2.75, 3.05) is 0 Å². The molecule has 2 N–H and O–H groups in total. The highest BCUT2D eigenvalue weighted by Gasteiger charge is 2.25. The van der Waals surface area contributed by atoms with Crippen molar-refractivity contribution in [2.24, 2.45) is 0 Å². The van der Waals surface area contributed by atoms with Crippen molar-refractivity contribution in [2.45, 2.75) is 31.9 Å². The normalized spacial score (nSPS) is 18.4. The highest BCUT2D eigenvalue weighted by atomic mass is 35.5. The zero-order valence-electron chi connectivity index (χ0n) is 11.8. The minimum Gasteiger partial charge on any atom is -0.391 e. The van der Waals surface area contributed by atoms with Crippen LogP contribution in [0.25, 0.3) is 22.0 Å². The molecule has 4 nitrogen and oxygen atoms in total. The summed E-state index contributed by atoms with van der Waals surface area (Å²) in [6, 6.07) is 3.83. The van der Waals surface area contributed by atoms with Crippen molar-refractivity contribution < 1.29 is 5.11 Å². The van der Waals surface area contributed by atoms with Gasteiger partial charge in [-0.25, -0.2) is 0 Å². The first-order chi connectivity index (χ1) is 10.7. The standard InChI is InChI=1S/C16H15Cl2N3O/c17-12-5-4-11-14(9-6-19-20-7-9)13-3-1-2-10(22)8-21(13)16(11)15(12)18/h4-7,10,22H,1-3,8H2,(H,19,20)/t10-/m1/s1. The molecule has 0 bridgehead atoms. The number of nitrogens with zero attached hydrogens (tertiary/aromatic N) is 2. The average molecular weight is 336 g/mol. The molecule has 0 aliphatic carbocycles. The van der Waals surface area contributed by atoms with E-state index in [1.807, 2.05) is 24.5 Å². The third-order valence-electron chi connectivity index (χ3n) is 4.35. The molecule has 1 atom stereocenters. The van der Waals surface area contributed by atoms with E-state index in [1.54, 1.807) is 0 Å². The van der Waals surface area contributed by atoms with Crippen LogP contribution in [0.5, 0.6) is 0 Å². The zero-order chi connectivity index (χ0) is 15.3. The topological polar surface area (TPSA) is 53.8 Å². The molecule has 0 fully saturated rings. The molecule has 0 amide bonds. The maximum Gasteiger partial charge on any atom is 0.0835 e. The third-order valence-corrected chi connectivity index (χ3v) is 5.15. The molecule has 0 saturated heterocycles. The van der Waals surface area contributed by atoms with Gasteiger partial charge in [-0.15, -0.1) is 0 Å². The summed E-state index contributed by atoms with van der Waals surface area (Å²) in [5.41, 5.74) is 4.27. The quantitative estimate of drug-likeness (QED) is 0.705. The lowest BCUT2D eigenvalue weighted by Crippen LogP contribution is -2.14. The Kier molecular flexibility index (Phi) is 3.40. The second-order valence-corrected chi connectivity index (χ2v) is 6.51. The van der Waals surface area contributed by atoms with Gasteiger partial charge in [0, 0.05) is 34.9 Å². The summed E-state index contributed by atoms with van der Waals surface area (Å²) in [4.78, 5) is 0. The Morgan fingerprint density at radius 2 is 2.18 bits per heavy atom. The van der Waals surface area contributed by atoms with Gasteiger partial charge in [0.05, 0.1) is 27.9 Å². The van der Waals surface area contributed by atoms with E-state index in [-0.39, 0.29) is 6.10 Å². The summed E-state index contributed by atoms with van der Waals surface area (Å²) in [7, 11) is 0. The Balaban J connectivity index is 2.11. The van der Waals surface area contributed by atoms with E-state index < -0.39 is 0 Å². The number of aliphatic hydroxyl groups is 1. The van der Waals surface area contributed by atoms with Gasteiger partial charge >= 0.3 is 0 Å². The van der Waals surface area contributed by atoms with Gasteiger partial charge in [-0.2, -0.15) is 5.10 Å². The van der Waals surface area contributed by atoms with Crippen LogP contribution in [0.2, 0.25) is 10.0 Å². The Morgan fingerprint density at radius 3 is 2.95 bits per heavy atom. The van der Waals surface area contributed by atoms with Crippen LogP contribution < -0.4 is 0 Å². The lowest BCUT2D eigenvalue weighted by molar-refractivity contribution is 0.149. The van der Waals surface area contributed by atoms with E-state index in [9.17, 15) is 5.11 Å². The third kappa shape index (κ3) is 2.06. The predicted octanol–water partition coefficient (Wildman–Crippen LogP) is 4.04. The van der Waals surface area contributed by atoms with E-state index in [2.05, 4.69) is 14.8 Å². The molecule has 0 spiro atoms. The number of H-pyrrole nitrogens is 1. The lowest BCUT2D eigenvalue weighted by atomic mass is 10.0. The van der Waals surface area contributed by atoms with Crippen molar-refractivity contribution in [3.63, 3.8) is 0 Å². The smallest absolute Gasteiger partial charge is 0.0835 e. The number of aliphatic hydroxyl groups excluding tert-OH is 1. The maximum atomic E-state index is 10.2. The lowest BCUT2D eigenvalue weighted by Gasteiger charge is -2.11. The number of aromatic amines is 1. The van der Waals surface area contributed by atoms with Crippen molar-refractivity contribution in [1.29, 1.82) is 0 Å². The number of fused-ring (bicyclic) bond motifs is 3. The summed E-state index contributed by atoms with van der Waals surface area (Å²) < 4.78 is 2.13. The number of halogens is 2. The van der Waals surface area contributed by atoms with Gasteiger partial charge in [0.15, 0.2) is 0 Å². The number of hydrogen-bond donors (Lipinski definition) is 2. The summed E-state index contributed by atoms with van der Waals surface area (Å²) in [6.45, 7) is 0.545. The summed E-state index contributed by atoms with van der Waals surface area (Å²) in [5, 5.41) is 19.3. The molecule has 3 aromatic rings. The van der Waals surface area contributed by atoms with Crippen LogP contribution in [-0.2, 0) is 13.0 Å². The minimum atomic E-state index is -0.357. The van der Waals surface area contributed by atoms with Gasteiger partial charge in [-0.3, -0.25) is 5.10 Å². The number of nitrogens with one attached hydrogen (secondary N) is 1. The first kappa shape index (κ1) is 14.1. The van der Waals surface area contributed by atoms with E-state index in [1.165, 1.54) is 5.69 Å². The molecule has 22 heavy (non-hydrogen) atoms. The van der Waals surface area contributed by atoms with Crippen LogP contribution in [0.15, 0.2) is 24.5 Å². The fraction of sp³-hybridized carbons (Fsp3) is 0.312. The first-order valence-corrected chi connectivity index (χ1v) is 8.08. The molecule has 2 aromatic heterocycles. The van der Waals surface area contributed by atoms with Crippen molar-refractivity contribution >= 4 is 34.1 Å². The predicted molar refractivity (Wildman–Crippen MR) is 88.5 cm³/mol. The number of aromatic nitrogens is 3. The highest BCUT2D eigenvalue weighted by Crippen LogP contribution is 2.42. The molecular formula is C16H15Cl2N3O. The molecule has 0 unspecified atom stereocenters. The van der Waals surface area contributed by atoms with Crippen molar-refractivity contribution in [3.05, 3.63) is 40.3 Å². The Hall–Kier alpha value is -1.49. The van der Waals surface area contributed by atoms with Crippen LogP contribution >= 0.6 is 23.2 Å². The zero-order valence-corrected chi connectivity index (χ0v) is 13.3. The number of hydrogen-bond acceptors (Lipinski definition) is 2. The van der Waals surface area contributed by atoms with E-state index in [4.69, 9.17) is 23.2 Å². The molecule has 0 saturated carbocycles. The molecule has 3 heterocycles. The molecular weight excluding hydrogens is 321 g/mol. The monoisotopic (exact) mass is 335 g/mol. The molecule has 6 heteroatoms. The minimum absolute atomic E-state index is 0.357. The van der Waals surface area contributed by atoms with Gasteiger partial charge in [0.1, 0.15) is 0 Å². The largest absolute Gasteiger partial charge is 0.391 e. The Morgan fingerprint density at radius 1 is 1.32 bits per heavy atom. The maximum absolute atomic E-state index is 10.2. The summed E-state index contributed by atoms with van der Waals surface area (Å²) in [5.74, 6) is 0. The van der Waals surface area contributed by atoms with Gasteiger partial charge in [-0.1, -0.05) is 29.3 Å². The van der Waals surface area contributed by atoms with Crippen LogP contribution in [0, 0.1) is 0 Å². The van der Waals surface area contributed by atoms with E-state index in [0.717, 1.165) is 41.3 Å². The Labute approximate surface area is 137 Å². The second-order valence-electron chi connectivity index (χ2n) is 5.72.